The fraction of sp³-hybridized carbons (Fsp3) is 0.333. The van der Waals surface area contributed by atoms with Gasteiger partial charge in [0.25, 0.3) is 0 Å². The van der Waals surface area contributed by atoms with E-state index in [1.54, 1.807) is 20.3 Å². The van der Waals surface area contributed by atoms with Gasteiger partial charge in [0.1, 0.15) is 23.6 Å². The number of nitrogens with zero attached hydrogens (tertiary/aromatic N) is 2. The highest BCUT2D eigenvalue weighted by Gasteiger charge is 2.34. The molecule has 0 bridgehead atoms. The van der Waals surface area contributed by atoms with Crippen LogP contribution in [0.3, 0.4) is 0 Å². The molecular formula is C27H29N3O6. The number of hydrogen-bond donors (Lipinski definition) is 2. The van der Waals surface area contributed by atoms with Crippen molar-refractivity contribution >= 4 is 28.7 Å². The third-order valence-electron chi connectivity index (χ3n) is 6.45. The normalized spacial score (nSPS) is 16.0. The Kier molecular flexibility index (Phi) is 7.38. The fourth-order valence-corrected chi connectivity index (χ4v) is 4.66. The molecule has 0 saturated carbocycles. The Hall–Kier alpha value is -4.14. The number of likely N-dealkylation sites (tertiary alicyclic amines) is 1. The first-order chi connectivity index (χ1) is 17.3. The molecule has 1 fully saturated rings. The molecule has 3 aromatic rings. The first-order valence-electron chi connectivity index (χ1n) is 11.7. The Morgan fingerprint density at radius 1 is 1.11 bits per heavy atom. The number of aliphatic carboxylic acids is 1. The van der Waals surface area contributed by atoms with Crippen molar-refractivity contribution in [1.82, 2.24) is 15.2 Å². The lowest BCUT2D eigenvalue weighted by atomic mass is 10.0. The first kappa shape index (κ1) is 25.0. The van der Waals surface area contributed by atoms with Crippen molar-refractivity contribution in [2.75, 3.05) is 20.8 Å². The molecule has 2 amide bonds. The molecule has 2 aromatic carbocycles. The summed E-state index contributed by atoms with van der Waals surface area (Å²) in [5.41, 5.74) is 2.90. The van der Waals surface area contributed by atoms with Crippen molar-refractivity contribution in [3.8, 4) is 22.8 Å². The van der Waals surface area contributed by atoms with Gasteiger partial charge in [-0.2, -0.15) is 0 Å². The molecule has 9 nitrogen and oxygen atoms in total. The number of pyridine rings is 1. The average molecular weight is 492 g/mol. The summed E-state index contributed by atoms with van der Waals surface area (Å²) in [4.78, 5) is 42.7. The number of benzene rings is 2. The van der Waals surface area contributed by atoms with Crippen LogP contribution in [0.1, 0.15) is 25.3 Å². The van der Waals surface area contributed by atoms with Crippen molar-refractivity contribution in [2.45, 2.75) is 38.3 Å². The molecule has 0 unspecified atom stereocenters. The molecule has 188 valence electrons. The van der Waals surface area contributed by atoms with Crippen molar-refractivity contribution in [2.24, 2.45) is 0 Å². The number of carboxylic acids is 1. The lowest BCUT2D eigenvalue weighted by Gasteiger charge is -2.24. The number of hydrogen-bond acceptors (Lipinski definition) is 6. The van der Waals surface area contributed by atoms with E-state index in [9.17, 15) is 19.5 Å². The number of nitrogens with one attached hydrogen (secondary N) is 1. The summed E-state index contributed by atoms with van der Waals surface area (Å²) >= 11 is 0. The van der Waals surface area contributed by atoms with Crippen LogP contribution in [0, 0.1) is 0 Å². The zero-order valence-corrected chi connectivity index (χ0v) is 20.5. The summed E-state index contributed by atoms with van der Waals surface area (Å²) in [6.45, 7) is 1.92. The minimum absolute atomic E-state index is 0.103. The van der Waals surface area contributed by atoms with Gasteiger partial charge in [0.2, 0.25) is 11.8 Å². The van der Waals surface area contributed by atoms with Crippen molar-refractivity contribution in [1.29, 1.82) is 0 Å². The molecule has 1 saturated heterocycles. The molecule has 2 N–H and O–H groups in total. The molecule has 4 rings (SSSR count). The molecular weight excluding hydrogens is 462 g/mol. The number of fused-ring (bicyclic) bond motifs is 1. The van der Waals surface area contributed by atoms with Gasteiger partial charge in [-0.1, -0.05) is 18.2 Å². The standard InChI is InChI=1S/C27H29N3O6/c1-16(31)30-13-5-6-22(30)26(32)29-21(27(33)34)15-17-9-11-19-18(14-17)10-12-20(28-19)25-23(35-2)7-4-8-24(25)36-3/h4,7-12,14,21-22H,5-6,13,15H2,1-3H3,(H,29,32)(H,33,34)/t21-,22-/m0/s1. The number of rotatable bonds is 8. The minimum Gasteiger partial charge on any atom is -0.496 e. The number of ether oxygens (including phenoxy) is 2. The lowest BCUT2D eigenvalue weighted by molar-refractivity contribution is -0.143. The van der Waals surface area contributed by atoms with Crippen LogP contribution in [0.25, 0.3) is 22.2 Å². The summed E-state index contributed by atoms with van der Waals surface area (Å²) < 4.78 is 11.0. The van der Waals surface area contributed by atoms with E-state index < -0.39 is 24.0 Å². The predicted molar refractivity (Wildman–Crippen MR) is 134 cm³/mol. The SMILES string of the molecule is COc1cccc(OC)c1-c1ccc2cc(C[C@H](NC(=O)[C@@H]3CCCN3C(C)=O)C(=O)O)ccc2n1. The van der Waals surface area contributed by atoms with Crippen LogP contribution in [-0.2, 0) is 20.8 Å². The number of methoxy groups -OCH3 is 2. The molecule has 0 spiro atoms. The zero-order valence-electron chi connectivity index (χ0n) is 20.5. The average Bonchev–Trinajstić information content (AvgIpc) is 3.38. The molecule has 1 aliphatic heterocycles. The zero-order chi connectivity index (χ0) is 25.8. The smallest absolute Gasteiger partial charge is 0.326 e. The van der Waals surface area contributed by atoms with Crippen molar-refractivity contribution < 1.29 is 29.0 Å². The molecule has 1 aromatic heterocycles. The Morgan fingerprint density at radius 2 is 1.83 bits per heavy atom. The van der Waals surface area contributed by atoms with Gasteiger partial charge in [-0.3, -0.25) is 9.59 Å². The van der Waals surface area contributed by atoms with E-state index in [1.807, 2.05) is 42.5 Å². The lowest BCUT2D eigenvalue weighted by Crippen LogP contribution is -2.51. The Morgan fingerprint density at radius 3 is 2.47 bits per heavy atom. The molecule has 2 atom stereocenters. The molecule has 36 heavy (non-hydrogen) atoms. The van der Waals surface area contributed by atoms with E-state index >= 15 is 0 Å². The number of carboxylic acid groups (broad SMARTS) is 1. The summed E-state index contributed by atoms with van der Waals surface area (Å²) in [7, 11) is 3.18. The molecule has 9 heteroatoms. The van der Waals surface area contributed by atoms with Crippen LogP contribution in [0.4, 0.5) is 0 Å². The van der Waals surface area contributed by atoms with E-state index in [0.717, 1.165) is 28.5 Å². The highest BCUT2D eigenvalue weighted by molar-refractivity contribution is 5.91. The topological polar surface area (TPSA) is 118 Å². The second-order valence-corrected chi connectivity index (χ2v) is 8.74. The molecule has 2 heterocycles. The van der Waals surface area contributed by atoms with Gasteiger partial charge in [-0.15, -0.1) is 0 Å². The van der Waals surface area contributed by atoms with Gasteiger partial charge in [0.05, 0.1) is 31.0 Å². The van der Waals surface area contributed by atoms with E-state index in [1.165, 1.54) is 11.8 Å². The van der Waals surface area contributed by atoms with Crippen molar-refractivity contribution in [3.05, 3.63) is 54.1 Å². The maximum atomic E-state index is 12.8. The first-order valence-corrected chi connectivity index (χ1v) is 11.7. The quantitative estimate of drug-likeness (QED) is 0.497. The third kappa shape index (κ3) is 5.10. The van der Waals surface area contributed by atoms with Crippen LogP contribution in [-0.4, -0.2) is 65.6 Å². The van der Waals surface area contributed by atoms with Crippen LogP contribution in [0.2, 0.25) is 0 Å². The number of carbonyl (C=O) groups excluding carboxylic acids is 2. The maximum Gasteiger partial charge on any atom is 0.326 e. The Bertz CT molecular complexity index is 1290. The maximum absolute atomic E-state index is 12.8. The highest BCUT2D eigenvalue weighted by atomic mass is 16.5. The van der Waals surface area contributed by atoms with Gasteiger partial charge < -0.3 is 24.8 Å². The van der Waals surface area contributed by atoms with Gasteiger partial charge >= 0.3 is 5.97 Å². The predicted octanol–water partition coefficient (Wildman–Crippen LogP) is 3.04. The van der Waals surface area contributed by atoms with Gasteiger partial charge in [-0.25, -0.2) is 9.78 Å². The Balaban J connectivity index is 1.56. The van der Waals surface area contributed by atoms with Gasteiger partial charge in [0.15, 0.2) is 0 Å². The number of aromatic nitrogens is 1. The van der Waals surface area contributed by atoms with E-state index in [2.05, 4.69) is 5.32 Å². The van der Waals surface area contributed by atoms with Crippen LogP contribution in [0.5, 0.6) is 11.5 Å². The molecule has 1 aliphatic rings. The molecule has 0 aliphatic carbocycles. The summed E-state index contributed by atoms with van der Waals surface area (Å²) in [5.74, 6) is -0.473. The van der Waals surface area contributed by atoms with E-state index in [0.29, 0.717) is 30.2 Å². The fourth-order valence-electron chi connectivity index (χ4n) is 4.66. The summed E-state index contributed by atoms with van der Waals surface area (Å²) in [5, 5.41) is 13.2. The number of amides is 2. The summed E-state index contributed by atoms with van der Waals surface area (Å²) in [6, 6.07) is 13.0. The van der Waals surface area contributed by atoms with Crippen LogP contribution >= 0.6 is 0 Å². The van der Waals surface area contributed by atoms with Crippen LogP contribution in [0.15, 0.2) is 48.5 Å². The van der Waals surface area contributed by atoms with Crippen molar-refractivity contribution in [3.63, 3.8) is 0 Å². The minimum atomic E-state index is -1.13. The van der Waals surface area contributed by atoms with E-state index in [-0.39, 0.29) is 12.3 Å². The van der Waals surface area contributed by atoms with Gasteiger partial charge in [-0.05, 0) is 48.7 Å². The largest absolute Gasteiger partial charge is 0.496 e. The second kappa shape index (κ2) is 10.6. The molecule has 0 radical (unpaired) electrons. The van der Waals surface area contributed by atoms with Crippen LogP contribution < -0.4 is 14.8 Å². The monoisotopic (exact) mass is 491 g/mol. The third-order valence-corrected chi connectivity index (χ3v) is 6.45. The second-order valence-electron chi connectivity index (χ2n) is 8.74. The van der Waals surface area contributed by atoms with Gasteiger partial charge in [0, 0.05) is 25.3 Å². The Labute approximate surface area is 209 Å². The highest BCUT2D eigenvalue weighted by Crippen LogP contribution is 2.37. The number of carbonyl (C=O) groups is 3. The van der Waals surface area contributed by atoms with E-state index in [4.69, 9.17) is 14.5 Å². The summed E-state index contributed by atoms with van der Waals surface area (Å²) in [6.07, 6.45) is 1.35.